The van der Waals surface area contributed by atoms with Crippen LogP contribution in [0.25, 0.3) is 0 Å². The van der Waals surface area contributed by atoms with Gasteiger partial charge < -0.3 is 0 Å². The van der Waals surface area contributed by atoms with Crippen molar-refractivity contribution in [1.29, 1.82) is 0 Å². The predicted molar refractivity (Wildman–Crippen MR) is 76.8 cm³/mol. The molecule has 0 aromatic heterocycles. The van der Waals surface area contributed by atoms with E-state index in [1.807, 2.05) is 0 Å². The molecule has 0 aromatic rings. The highest BCUT2D eigenvalue weighted by molar-refractivity contribution is 6.90. The van der Waals surface area contributed by atoms with Crippen LogP contribution in [-0.4, -0.2) is 8.07 Å². The second-order valence-electron chi connectivity index (χ2n) is 5.67. The van der Waals surface area contributed by atoms with Crippen LogP contribution in [0.2, 0.25) is 13.1 Å². The highest BCUT2D eigenvalue weighted by atomic mass is 28.3. The Hall–Kier alpha value is 0.217. The van der Waals surface area contributed by atoms with Gasteiger partial charge in [-0.25, -0.2) is 0 Å². The van der Waals surface area contributed by atoms with Gasteiger partial charge >= 0.3 is 0 Å². The number of hydrogen-bond donors (Lipinski definition) is 0. The normalized spacial score (nSPS) is 28.6. The summed E-state index contributed by atoms with van der Waals surface area (Å²) < 4.78 is 0. The summed E-state index contributed by atoms with van der Waals surface area (Å²) in [5.41, 5.74) is 3.20. The van der Waals surface area contributed by atoms with Crippen LogP contribution in [0.5, 0.6) is 0 Å². The average Bonchev–Trinajstić information content (AvgIpc) is 2.85. The van der Waals surface area contributed by atoms with E-state index in [1.54, 1.807) is 11.1 Å². The molecule has 0 spiro atoms. The summed E-state index contributed by atoms with van der Waals surface area (Å²) in [5, 5.41) is 0. The van der Waals surface area contributed by atoms with Crippen molar-refractivity contribution in [1.82, 2.24) is 0 Å². The number of rotatable bonds is 2. The van der Waals surface area contributed by atoms with E-state index in [-0.39, 0.29) is 0 Å². The molecule has 17 heavy (non-hydrogen) atoms. The molecule has 0 bridgehead atoms. The molecule has 2 rings (SSSR count). The molecule has 90 valence electrons. The molecular weight excluding hydrogens is 220 g/mol. The maximum atomic E-state index is 2.47. The summed E-state index contributed by atoms with van der Waals surface area (Å²) in [6, 6.07) is 0. The third-order valence-electron chi connectivity index (χ3n) is 4.45. The first-order valence-electron chi connectivity index (χ1n) is 6.33. The zero-order chi connectivity index (χ0) is 12.8. The Morgan fingerprint density at radius 1 is 0.706 bits per heavy atom. The van der Waals surface area contributed by atoms with Crippen LogP contribution < -0.4 is 0 Å². The van der Waals surface area contributed by atoms with E-state index in [1.165, 1.54) is 23.7 Å². The SMILES string of the molecule is C[C]1[C](C)[C](C)[C]([Si](C)(C)[C]2[CH][CH][CH][CH]2)[C]1C. The predicted octanol–water partition coefficient (Wildman–Crippen LogP) is 4.14. The molecule has 2 aliphatic carbocycles. The van der Waals surface area contributed by atoms with Gasteiger partial charge in [0.25, 0.3) is 0 Å². The zero-order valence-corrected chi connectivity index (χ0v) is 12.8. The molecule has 1 heteroatoms. The van der Waals surface area contributed by atoms with Gasteiger partial charge in [-0.1, -0.05) is 40.8 Å². The highest BCUT2D eigenvalue weighted by Gasteiger charge is 2.53. The molecule has 0 heterocycles. The van der Waals surface area contributed by atoms with Gasteiger partial charge in [0.1, 0.15) is 0 Å². The second-order valence-corrected chi connectivity index (χ2v) is 10.0. The van der Waals surface area contributed by atoms with Crippen LogP contribution in [-0.2, 0) is 0 Å². The maximum absolute atomic E-state index is 2.47. The molecule has 10 radical (unpaired) electrons. The van der Waals surface area contributed by atoms with Crippen molar-refractivity contribution in [2.75, 3.05) is 0 Å². The van der Waals surface area contributed by atoms with Gasteiger partial charge in [0, 0.05) is 0 Å². The van der Waals surface area contributed by atoms with E-state index in [4.69, 9.17) is 0 Å². The summed E-state index contributed by atoms with van der Waals surface area (Å²) >= 11 is 0. The van der Waals surface area contributed by atoms with Crippen molar-refractivity contribution in [2.45, 2.75) is 40.8 Å². The van der Waals surface area contributed by atoms with E-state index in [0.29, 0.717) is 0 Å². The lowest BCUT2D eigenvalue weighted by molar-refractivity contribution is 0.973. The highest BCUT2D eigenvalue weighted by Crippen LogP contribution is 2.58. The summed E-state index contributed by atoms with van der Waals surface area (Å²) in [7, 11) is -1.50. The molecule has 2 saturated carbocycles. The smallest absolute Gasteiger partial charge is 0.0626 e. The minimum atomic E-state index is -1.50. The quantitative estimate of drug-likeness (QED) is 0.638. The molecule has 0 amide bonds. The average molecular weight is 242 g/mol. The lowest BCUT2D eigenvalue weighted by Gasteiger charge is -2.39. The first-order valence-corrected chi connectivity index (χ1v) is 9.33. The maximum Gasteiger partial charge on any atom is 0.0626 e. The van der Waals surface area contributed by atoms with Crippen molar-refractivity contribution in [2.24, 2.45) is 0 Å². The Balaban J connectivity index is 2.20. The van der Waals surface area contributed by atoms with Crippen LogP contribution in [0.3, 0.4) is 0 Å². The van der Waals surface area contributed by atoms with Crippen molar-refractivity contribution in [3.8, 4) is 0 Å². The molecule has 0 aliphatic heterocycles. The minimum absolute atomic E-state index is 1.49. The van der Waals surface area contributed by atoms with Gasteiger partial charge in [0.05, 0.1) is 8.07 Å². The summed E-state index contributed by atoms with van der Waals surface area (Å²) in [6.45, 7) is 14.0. The molecule has 2 aliphatic rings. The fraction of sp³-hybridized carbons (Fsp3) is 0.375. The van der Waals surface area contributed by atoms with E-state index >= 15 is 0 Å². The standard InChI is InChI=1S/C16H22Si/c1-11-12(2)14(4)16(13(11)3)17(5,6)15-9-7-8-10-15/h7-10H,1-6H3. The third kappa shape index (κ3) is 2.13. The topological polar surface area (TPSA) is 0 Å². The Kier molecular flexibility index (Phi) is 3.79. The van der Waals surface area contributed by atoms with Gasteiger partial charge in [0.2, 0.25) is 0 Å². The summed E-state index contributed by atoms with van der Waals surface area (Å²) in [5.74, 6) is 6.03. The first-order chi connectivity index (χ1) is 7.87. The first kappa shape index (κ1) is 13.6. The number of hydrogen-bond acceptors (Lipinski definition) is 0. The lowest BCUT2D eigenvalue weighted by Crippen LogP contribution is -2.44. The largest absolute Gasteiger partial charge is 0.0685 e. The monoisotopic (exact) mass is 242 g/mol. The van der Waals surface area contributed by atoms with Crippen molar-refractivity contribution in [3.63, 3.8) is 0 Å². The molecular formula is C16H22Si. The molecule has 0 aromatic carbocycles. The molecule has 0 unspecified atom stereocenters. The molecule has 2 fully saturated rings. The van der Waals surface area contributed by atoms with E-state index in [0.717, 1.165) is 0 Å². The Labute approximate surface area is 110 Å². The van der Waals surface area contributed by atoms with Gasteiger partial charge in [-0.3, -0.25) is 0 Å². The van der Waals surface area contributed by atoms with Gasteiger partial charge in [-0.15, -0.1) is 0 Å². The van der Waals surface area contributed by atoms with Gasteiger partial charge in [-0.2, -0.15) is 0 Å². The molecule has 0 atom stereocenters. The zero-order valence-electron chi connectivity index (χ0n) is 11.8. The minimum Gasteiger partial charge on any atom is -0.0685 e. The second kappa shape index (κ2) is 4.72. The van der Waals surface area contributed by atoms with Crippen LogP contribution in [0.1, 0.15) is 27.7 Å². The third-order valence-corrected chi connectivity index (χ3v) is 8.22. The van der Waals surface area contributed by atoms with Crippen molar-refractivity contribution in [3.05, 3.63) is 60.4 Å². The summed E-state index contributed by atoms with van der Waals surface area (Å²) in [4.78, 5) is 0. The van der Waals surface area contributed by atoms with Crippen LogP contribution >= 0.6 is 0 Å². The van der Waals surface area contributed by atoms with Gasteiger partial charge in [-0.05, 0) is 60.4 Å². The van der Waals surface area contributed by atoms with Crippen molar-refractivity contribution >= 4 is 8.07 Å². The van der Waals surface area contributed by atoms with Crippen LogP contribution in [0.15, 0.2) is 0 Å². The lowest BCUT2D eigenvalue weighted by atomic mass is 9.92. The fourth-order valence-corrected chi connectivity index (χ4v) is 6.66. The molecule has 0 nitrogen and oxygen atoms in total. The summed E-state index contributed by atoms with van der Waals surface area (Å²) in [6.07, 6.45) is 8.92. The van der Waals surface area contributed by atoms with E-state index < -0.39 is 8.07 Å². The van der Waals surface area contributed by atoms with Crippen LogP contribution in [0.4, 0.5) is 0 Å². The van der Waals surface area contributed by atoms with Gasteiger partial charge in [0.15, 0.2) is 0 Å². The molecule has 0 saturated heterocycles. The molecule has 0 N–H and O–H groups in total. The fourth-order valence-electron chi connectivity index (χ4n) is 3.09. The van der Waals surface area contributed by atoms with Crippen molar-refractivity contribution < 1.29 is 0 Å². The Morgan fingerprint density at radius 3 is 1.53 bits per heavy atom. The van der Waals surface area contributed by atoms with E-state index in [9.17, 15) is 0 Å². The Bertz CT molecular complexity index is 251. The van der Waals surface area contributed by atoms with Crippen LogP contribution in [0, 0.1) is 60.4 Å². The Morgan fingerprint density at radius 2 is 1.12 bits per heavy atom. The van der Waals surface area contributed by atoms with E-state index in [2.05, 4.69) is 66.5 Å².